The summed E-state index contributed by atoms with van der Waals surface area (Å²) in [6, 6.07) is 15.2. The van der Waals surface area contributed by atoms with Crippen molar-refractivity contribution in [3.05, 3.63) is 60.3 Å². The zero-order valence-corrected chi connectivity index (χ0v) is 11.6. The minimum absolute atomic E-state index is 0.106. The van der Waals surface area contributed by atoms with Crippen LogP contribution in [0.2, 0.25) is 0 Å². The number of pyridine rings is 1. The molecule has 0 radical (unpaired) electrons. The van der Waals surface area contributed by atoms with Gasteiger partial charge in [-0.3, -0.25) is 9.20 Å². The highest BCUT2D eigenvalue weighted by molar-refractivity contribution is 5.93. The van der Waals surface area contributed by atoms with Crippen molar-refractivity contribution in [2.45, 2.75) is 6.42 Å². The summed E-state index contributed by atoms with van der Waals surface area (Å²) in [6.07, 6.45) is 2.15. The molecular weight excluding hydrogens is 266 g/mol. The van der Waals surface area contributed by atoms with Crippen LogP contribution in [0.25, 0.3) is 5.65 Å². The normalized spacial score (nSPS) is 10.5. The van der Waals surface area contributed by atoms with E-state index in [1.54, 1.807) is 4.40 Å². The quantitative estimate of drug-likeness (QED) is 0.799. The van der Waals surface area contributed by atoms with E-state index in [1.165, 1.54) is 7.11 Å². The molecule has 0 bridgehead atoms. The van der Waals surface area contributed by atoms with Crippen LogP contribution in [-0.2, 0) is 11.2 Å². The number of carbonyl (C=O) groups is 1. The topological polar surface area (TPSA) is 55.6 Å². The summed E-state index contributed by atoms with van der Waals surface area (Å²) in [5.74, 6) is 0.849. The lowest BCUT2D eigenvalue weighted by molar-refractivity contribution is -0.115. The van der Waals surface area contributed by atoms with Crippen molar-refractivity contribution in [3.8, 4) is 5.88 Å². The highest BCUT2D eigenvalue weighted by Gasteiger charge is 2.15. The minimum Gasteiger partial charge on any atom is -0.478 e. The number of anilines is 1. The summed E-state index contributed by atoms with van der Waals surface area (Å²) in [4.78, 5) is 16.5. The fraction of sp³-hybridized carbons (Fsp3) is 0.125. The number of methoxy groups -OCH3 is 1. The molecule has 1 N–H and O–H groups in total. The third-order valence-corrected chi connectivity index (χ3v) is 3.16. The second-order valence-electron chi connectivity index (χ2n) is 4.61. The zero-order chi connectivity index (χ0) is 14.7. The van der Waals surface area contributed by atoms with Crippen molar-refractivity contribution in [2.75, 3.05) is 12.4 Å². The number of nitrogens with zero attached hydrogens (tertiary/aromatic N) is 2. The summed E-state index contributed by atoms with van der Waals surface area (Å²) in [7, 11) is 1.54. The first-order valence-electron chi connectivity index (χ1n) is 6.63. The van der Waals surface area contributed by atoms with Crippen LogP contribution in [0.3, 0.4) is 0 Å². The molecule has 3 rings (SSSR count). The molecule has 5 heteroatoms. The van der Waals surface area contributed by atoms with Crippen molar-refractivity contribution in [2.24, 2.45) is 0 Å². The van der Waals surface area contributed by atoms with Gasteiger partial charge in [-0.25, -0.2) is 0 Å². The van der Waals surface area contributed by atoms with E-state index in [4.69, 9.17) is 4.74 Å². The average molecular weight is 281 g/mol. The molecule has 2 heterocycles. The second-order valence-corrected chi connectivity index (χ2v) is 4.61. The number of benzene rings is 1. The fourth-order valence-corrected chi connectivity index (χ4v) is 2.19. The van der Waals surface area contributed by atoms with E-state index in [2.05, 4.69) is 10.3 Å². The zero-order valence-electron chi connectivity index (χ0n) is 11.6. The number of aromatic nitrogens is 2. The number of amides is 1. The number of fused-ring (bicyclic) bond motifs is 1. The number of carbonyl (C=O) groups excluding carboxylic acids is 1. The van der Waals surface area contributed by atoms with Gasteiger partial charge >= 0.3 is 0 Å². The van der Waals surface area contributed by atoms with Gasteiger partial charge in [0.2, 0.25) is 5.91 Å². The summed E-state index contributed by atoms with van der Waals surface area (Å²) in [5.41, 5.74) is 1.69. The molecule has 0 aliphatic rings. The molecule has 21 heavy (non-hydrogen) atoms. The van der Waals surface area contributed by atoms with Crippen molar-refractivity contribution < 1.29 is 9.53 Å². The third kappa shape index (κ3) is 2.72. The average Bonchev–Trinajstić information content (AvgIpc) is 2.86. The predicted molar refractivity (Wildman–Crippen MR) is 80.5 cm³/mol. The van der Waals surface area contributed by atoms with Crippen LogP contribution in [0.1, 0.15) is 5.56 Å². The molecule has 0 spiro atoms. The molecule has 5 nitrogen and oxygen atoms in total. The predicted octanol–water partition coefficient (Wildman–Crippen LogP) is 2.52. The van der Waals surface area contributed by atoms with Gasteiger partial charge in [0, 0.05) is 6.20 Å². The Morgan fingerprint density at radius 3 is 2.71 bits per heavy atom. The smallest absolute Gasteiger partial charge is 0.258 e. The first-order valence-corrected chi connectivity index (χ1v) is 6.63. The van der Waals surface area contributed by atoms with E-state index in [-0.39, 0.29) is 5.91 Å². The SMILES string of the molecule is COc1nc2ccccn2c1NC(=O)Cc1ccccc1. The molecular formula is C16H15N3O2. The first-order chi connectivity index (χ1) is 10.3. The molecule has 2 aromatic heterocycles. The number of ether oxygens (including phenoxy) is 1. The lowest BCUT2D eigenvalue weighted by Gasteiger charge is -2.06. The Morgan fingerprint density at radius 1 is 1.19 bits per heavy atom. The Bertz CT molecular complexity index is 766. The van der Waals surface area contributed by atoms with Crippen LogP contribution >= 0.6 is 0 Å². The van der Waals surface area contributed by atoms with Crippen molar-refractivity contribution in [1.82, 2.24) is 9.38 Å². The first kappa shape index (κ1) is 13.2. The van der Waals surface area contributed by atoms with Crippen molar-refractivity contribution >= 4 is 17.4 Å². The Morgan fingerprint density at radius 2 is 1.95 bits per heavy atom. The van der Waals surface area contributed by atoms with Crippen LogP contribution in [0.4, 0.5) is 5.82 Å². The minimum atomic E-state index is -0.106. The van der Waals surface area contributed by atoms with E-state index in [0.29, 0.717) is 18.1 Å². The molecule has 0 saturated carbocycles. The van der Waals surface area contributed by atoms with Gasteiger partial charge in [-0.15, -0.1) is 0 Å². The lowest BCUT2D eigenvalue weighted by Crippen LogP contribution is -2.16. The van der Waals surface area contributed by atoms with Gasteiger partial charge in [0.15, 0.2) is 5.82 Å². The number of nitrogens with one attached hydrogen (secondary N) is 1. The third-order valence-electron chi connectivity index (χ3n) is 3.16. The molecule has 0 aliphatic heterocycles. The Balaban J connectivity index is 1.85. The molecule has 3 aromatic rings. The molecule has 0 atom stereocenters. The number of imidazole rings is 1. The van der Waals surface area contributed by atoms with E-state index >= 15 is 0 Å². The number of rotatable bonds is 4. The maximum absolute atomic E-state index is 12.2. The van der Waals surface area contributed by atoms with Gasteiger partial charge in [0.05, 0.1) is 13.5 Å². The maximum Gasteiger partial charge on any atom is 0.258 e. The highest BCUT2D eigenvalue weighted by Crippen LogP contribution is 2.25. The summed E-state index contributed by atoms with van der Waals surface area (Å²) in [5, 5.41) is 2.87. The van der Waals surface area contributed by atoms with Gasteiger partial charge in [-0.05, 0) is 17.7 Å². The van der Waals surface area contributed by atoms with Gasteiger partial charge in [-0.2, -0.15) is 4.98 Å². The standard InChI is InChI=1S/C16H15N3O2/c1-21-16-15(19-10-6-5-9-13(19)17-16)18-14(20)11-12-7-3-2-4-8-12/h2-10H,11H2,1H3,(H,18,20). The van der Waals surface area contributed by atoms with Gasteiger partial charge in [0.1, 0.15) is 5.65 Å². The molecule has 1 aromatic carbocycles. The molecule has 0 fully saturated rings. The lowest BCUT2D eigenvalue weighted by atomic mass is 10.1. The van der Waals surface area contributed by atoms with Crippen LogP contribution in [0, 0.1) is 0 Å². The van der Waals surface area contributed by atoms with Crippen LogP contribution in [-0.4, -0.2) is 22.4 Å². The van der Waals surface area contributed by atoms with Crippen LogP contribution < -0.4 is 10.1 Å². The molecule has 0 saturated heterocycles. The van der Waals surface area contributed by atoms with Gasteiger partial charge in [0.25, 0.3) is 5.88 Å². The Hall–Kier alpha value is -2.82. The van der Waals surface area contributed by atoms with E-state index in [9.17, 15) is 4.79 Å². The molecule has 1 amide bonds. The van der Waals surface area contributed by atoms with E-state index in [0.717, 1.165) is 11.2 Å². The summed E-state index contributed by atoms with van der Waals surface area (Å²) >= 11 is 0. The number of hydrogen-bond donors (Lipinski definition) is 1. The number of hydrogen-bond acceptors (Lipinski definition) is 3. The molecule has 0 unspecified atom stereocenters. The monoisotopic (exact) mass is 281 g/mol. The van der Waals surface area contributed by atoms with Crippen molar-refractivity contribution in [1.29, 1.82) is 0 Å². The van der Waals surface area contributed by atoms with Crippen molar-refractivity contribution in [3.63, 3.8) is 0 Å². The maximum atomic E-state index is 12.2. The van der Waals surface area contributed by atoms with Gasteiger partial charge in [-0.1, -0.05) is 36.4 Å². The largest absolute Gasteiger partial charge is 0.478 e. The Labute approximate surface area is 122 Å². The van der Waals surface area contributed by atoms with E-state index < -0.39 is 0 Å². The highest BCUT2D eigenvalue weighted by atomic mass is 16.5. The van der Waals surface area contributed by atoms with Gasteiger partial charge < -0.3 is 10.1 Å². The van der Waals surface area contributed by atoms with Crippen LogP contribution in [0.15, 0.2) is 54.7 Å². The second kappa shape index (κ2) is 5.66. The summed E-state index contributed by atoms with van der Waals surface area (Å²) in [6.45, 7) is 0. The molecule has 0 aliphatic carbocycles. The molecule has 106 valence electrons. The summed E-state index contributed by atoms with van der Waals surface area (Å²) < 4.78 is 7.03. The van der Waals surface area contributed by atoms with Crippen LogP contribution in [0.5, 0.6) is 5.88 Å². The Kier molecular flexibility index (Phi) is 3.55. The fourth-order valence-electron chi connectivity index (χ4n) is 2.19. The van der Waals surface area contributed by atoms with E-state index in [1.807, 2.05) is 54.7 Å².